The molecule has 152 valence electrons. The van der Waals surface area contributed by atoms with E-state index in [0.29, 0.717) is 0 Å². The normalized spacial score (nSPS) is 22.0. The SMILES string of the molecule is CCCCCCCCCCCCCC=C1CCCC(O)[C@H]1SCC(=O)O. The van der Waals surface area contributed by atoms with Crippen LogP contribution in [-0.2, 0) is 4.79 Å². The Kier molecular flexibility index (Phi) is 14.1. The van der Waals surface area contributed by atoms with Crippen molar-refractivity contribution in [2.24, 2.45) is 0 Å². The summed E-state index contributed by atoms with van der Waals surface area (Å²) in [5, 5.41) is 19.1. The van der Waals surface area contributed by atoms with Gasteiger partial charge in [0.2, 0.25) is 0 Å². The van der Waals surface area contributed by atoms with Crippen molar-refractivity contribution in [2.75, 3.05) is 5.75 Å². The minimum absolute atomic E-state index is 0.00689. The third kappa shape index (κ3) is 11.3. The summed E-state index contributed by atoms with van der Waals surface area (Å²) in [5.74, 6) is -0.713. The molecule has 0 aromatic rings. The van der Waals surface area contributed by atoms with Gasteiger partial charge in [-0.1, -0.05) is 82.8 Å². The zero-order valence-corrected chi connectivity index (χ0v) is 17.6. The molecule has 0 amide bonds. The minimum Gasteiger partial charge on any atom is -0.481 e. The second-order valence-electron chi connectivity index (χ2n) is 7.69. The molecule has 1 aliphatic rings. The van der Waals surface area contributed by atoms with Crippen LogP contribution in [0.1, 0.15) is 103 Å². The first-order valence-electron chi connectivity index (χ1n) is 10.9. The Labute approximate surface area is 165 Å². The van der Waals surface area contributed by atoms with Gasteiger partial charge >= 0.3 is 5.97 Å². The van der Waals surface area contributed by atoms with E-state index in [1.807, 2.05) is 0 Å². The molecule has 1 fully saturated rings. The fraction of sp³-hybridized carbons (Fsp3) is 0.864. The summed E-state index contributed by atoms with van der Waals surface area (Å²) in [5.41, 5.74) is 1.28. The molecular weight excluding hydrogens is 344 g/mol. The van der Waals surface area contributed by atoms with Crippen LogP contribution in [0.5, 0.6) is 0 Å². The third-order valence-corrected chi connectivity index (χ3v) is 6.67. The summed E-state index contributed by atoms with van der Waals surface area (Å²) in [6.45, 7) is 2.27. The lowest BCUT2D eigenvalue weighted by molar-refractivity contribution is -0.133. The summed E-state index contributed by atoms with van der Waals surface area (Å²) < 4.78 is 0. The second-order valence-corrected chi connectivity index (χ2v) is 8.82. The van der Waals surface area contributed by atoms with Gasteiger partial charge in [-0.2, -0.15) is 0 Å². The van der Waals surface area contributed by atoms with Gasteiger partial charge in [0.25, 0.3) is 0 Å². The van der Waals surface area contributed by atoms with Crippen molar-refractivity contribution < 1.29 is 15.0 Å². The van der Waals surface area contributed by atoms with Crippen LogP contribution in [0, 0.1) is 0 Å². The van der Waals surface area contributed by atoms with Gasteiger partial charge < -0.3 is 10.2 Å². The average molecular weight is 385 g/mol. The highest BCUT2D eigenvalue weighted by molar-refractivity contribution is 8.00. The summed E-state index contributed by atoms with van der Waals surface area (Å²) in [7, 11) is 0. The van der Waals surface area contributed by atoms with E-state index in [9.17, 15) is 9.90 Å². The first kappa shape index (κ1) is 23.6. The van der Waals surface area contributed by atoms with Gasteiger partial charge in [0, 0.05) is 0 Å². The number of aliphatic hydroxyl groups is 1. The van der Waals surface area contributed by atoms with E-state index < -0.39 is 5.97 Å². The Morgan fingerprint density at radius 2 is 1.62 bits per heavy atom. The number of carboxylic acids is 1. The molecule has 4 heteroatoms. The molecule has 2 N–H and O–H groups in total. The number of hydrogen-bond donors (Lipinski definition) is 2. The predicted octanol–water partition coefficient (Wildman–Crippen LogP) is 6.35. The number of hydrogen-bond acceptors (Lipinski definition) is 3. The lowest BCUT2D eigenvalue weighted by atomic mass is 9.91. The zero-order chi connectivity index (χ0) is 19.0. The fourth-order valence-electron chi connectivity index (χ4n) is 3.75. The Balaban J connectivity index is 2.09. The van der Waals surface area contributed by atoms with Crippen LogP contribution in [0.15, 0.2) is 11.6 Å². The molecule has 26 heavy (non-hydrogen) atoms. The van der Waals surface area contributed by atoms with E-state index >= 15 is 0 Å². The highest BCUT2D eigenvalue weighted by atomic mass is 32.2. The molecule has 1 rings (SSSR count). The minimum atomic E-state index is -0.794. The number of thioether (sulfide) groups is 1. The van der Waals surface area contributed by atoms with Gasteiger partial charge in [-0.25, -0.2) is 0 Å². The lowest BCUT2D eigenvalue weighted by Crippen LogP contribution is -2.30. The second kappa shape index (κ2) is 15.6. The van der Waals surface area contributed by atoms with E-state index in [1.165, 1.54) is 88.0 Å². The molecular formula is C22H40O3S. The quantitative estimate of drug-likeness (QED) is 0.255. The Hall–Kier alpha value is -0.480. The maximum Gasteiger partial charge on any atom is 0.313 e. The fourth-order valence-corrected chi connectivity index (χ4v) is 4.86. The number of allylic oxidation sites excluding steroid dienone is 1. The molecule has 3 nitrogen and oxygen atoms in total. The van der Waals surface area contributed by atoms with Gasteiger partial charge in [-0.3, -0.25) is 4.79 Å². The maximum absolute atomic E-state index is 10.8. The van der Waals surface area contributed by atoms with Crippen molar-refractivity contribution in [1.29, 1.82) is 0 Å². The highest BCUT2D eigenvalue weighted by Gasteiger charge is 2.28. The number of unbranched alkanes of at least 4 members (excludes halogenated alkanes) is 11. The van der Waals surface area contributed by atoms with Crippen molar-refractivity contribution in [3.8, 4) is 0 Å². The van der Waals surface area contributed by atoms with Crippen molar-refractivity contribution in [1.82, 2.24) is 0 Å². The molecule has 0 spiro atoms. The molecule has 0 bridgehead atoms. The molecule has 0 radical (unpaired) electrons. The Morgan fingerprint density at radius 3 is 2.19 bits per heavy atom. The first-order valence-corrected chi connectivity index (χ1v) is 11.9. The third-order valence-electron chi connectivity index (χ3n) is 5.28. The van der Waals surface area contributed by atoms with Gasteiger partial charge in [-0.05, 0) is 32.1 Å². The van der Waals surface area contributed by atoms with Crippen molar-refractivity contribution in [2.45, 2.75) is 115 Å². The van der Waals surface area contributed by atoms with Crippen LogP contribution < -0.4 is 0 Å². The van der Waals surface area contributed by atoms with Crippen molar-refractivity contribution in [3.05, 3.63) is 11.6 Å². The molecule has 1 saturated carbocycles. The number of aliphatic carboxylic acids is 1. The van der Waals surface area contributed by atoms with Crippen LogP contribution >= 0.6 is 11.8 Å². The zero-order valence-electron chi connectivity index (χ0n) is 16.8. The molecule has 0 heterocycles. The summed E-state index contributed by atoms with van der Waals surface area (Å²) in [6.07, 6.45) is 20.7. The molecule has 0 aromatic carbocycles. The van der Waals surface area contributed by atoms with Gasteiger partial charge in [0.15, 0.2) is 0 Å². The average Bonchev–Trinajstić information content (AvgIpc) is 2.61. The van der Waals surface area contributed by atoms with Crippen LogP contribution in [-0.4, -0.2) is 33.3 Å². The van der Waals surface area contributed by atoms with Crippen LogP contribution in [0.4, 0.5) is 0 Å². The van der Waals surface area contributed by atoms with E-state index in [2.05, 4.69) is 13.0 Å². The topological polar surface area (TPSA) is 57.5 Å². The molecule has 1 unspecified atom stereocenters. The monoisotopic (exact) mass is 384 g/mol. The lowest BCUT2D eigenvalue weighted by Gasteiger charge is -2.29. The first-order chi connectivity index (χ1) is 12.6. The molecule has 0 aliphatic heterocycles. The van der Waals surface area contributed by atoms with Crippen LogP contribution in [0.2, 0.25) is 0 Å². The molecule has 0 saturated heterocycles. The van der Waals surface area contributed by atoms with E-state index in [-0.39, 0.29) is 17.1 Å². The smallest absolute Gasteiger partial charge is 0.313 e. The van der Waals surface area contributed by atoms with Gasteiger partial charge in [0.1, 0.15) is 0 Å². The standard InChI is InChI=1S/C22H40O3S/c1-2-3-4-5-6-7-8-9-10-11-12-13-15-19-16-14-17-20(23)22(19)26-18-21(24)25/h15,20,22-23H,2-14,16-18H2,1H3,(H,24,25)/t20?,22-/m0/s1. The Bertz CT molecular complexity index is 395. The van der Waals surface area contributed by atoms with Crippen molar-refractivity contribution in [3.63, 3.8) is 0 Å². The van der Waals surface area contributed by atoms with Gasteiger partial charge in [-0.15, -0.1) is 11.8 Å². The Morgan fingerprint density at radius 1 is 1.04 bits per heavy atom. The molecule has 2 atom stereocenters. The molecule has 0 aromatic heterocycles. The molecule has 1 aliphatic carbocycles. The summed E-state index contributed by atoms with van der Waals surface area (Å²) >= 11 is 1.39. The number of aliphatic hydroxyl groups excluding tert-OH is 1. The van der Waals surface area contributed by atoms with Gasteiger partial charge in [0.05, 0.1) is 17.1 Å². The summed E-state index contributed by atoms with van der Waals surface area (Å²) in [4.78, 5) is 10.8. The number of carbonyl (C=O) groups is 1. The number of rotatable bonds is 15. The summed E-state index contributed by atoms with van der Waals surface area (Å²) in [6, 6.07) is 0. The largest absolute Gasteiger partial charge is 0.481 e. The highest BCUT2D eigenvalue weighted by Crippen LogP contribution is 2.33. The maximum atomic E-state index is 10.8. The number of carboxylic acid groups (broad SMARTS) is 1. The van der Waals surface area contributed by atoms with E-state index in [4.69, 9.17) is 5.11 Å². The van der Waals surface area contributed by atoms with Crippen molar-refractivity contribution >= 4 is 17.7 Å². The van der Waals surface area contributed by atoms with Crippen LogP contribution in [0.25, 0.3) is 0 Å². The predicted molar refractivity (Wildman–Crippen MR) is 113 cm³/mol. The van der Waals surface area contributed by atoms with E-state index in [0.717, 1.165) is 25.7 Å². The van der Waals surface area contributed by atoms with Crippen LogP contribution in [0.3, 0.4) is 0 Å². The van der Waals surface area contributed by atoms with E-state index in [1.54, 1.807) is 0 Å².